The quantitative estimate of drug-likeness (QED) is 0.763. The summed E-state index contributed by atoms with van der Waals surface area (Å²) in [6.45, 7) is 3.49. The third kappa shape index (κ3) is 4.25. The first-order valence-electron chi connectivity index (χ1n) is 11.1. The molecule has 2 fully saturated rings. The second-order valence-corrected chi connectivity index (χ2v) is 8.97. The normalized spacial score (nSPS) is 22.4. The van der Waals surface area contributed by atoms with Gasteiger partial charge in [-0.1, -0.05) is 12.1 Å². The van der Waals surface area contributed by atoms with Crippen LogP contribution in [-0.2, 0) is 28.7 Å². The molecule has 10 heteroatoms. The van der Waals surface area contributed by atoms with Gasteiger partial charge in [-0.25, -0.2) is 9.67 Å². The number of hydrogen-bond acceptors (Lipinski definition) is 5. The molecule has 0 radical (unpaired) electrons. The Bertz CT molecular complexity index is 974. The van der Waals surface area contributed by atoms with Crippen molar-refractivity contribution >= 4 is 5.91 Å². The van der Waals surface area contributed by atoms with Crippen molar-refractivity contribution < 1.29 is 22.7 Å². The molecule has 32 heavy (non-hydrogen) atoms. The lowest BCUT2D eigenvalue weighted by atomic mass is 9.83. The van der Waals surface area contributed by atoms with Crippen LogP contribution in [0.4, 0.5) is 13.2 Å². The van der Waals surface area contributed by atoms with Gasteiger partial charge in [-0.2, -0.15) is 18.3 Å². The van der Waals surface area contributed by atoms with Crippen molar-refractivity contribution in [1.29, 1.82) is 0 Å². The van der Waals surface area contributed by atoms with Crippen molar-refractivity contribution in [2.24, 2.45) is 0 Å². The predicted octanol–water partition coefficient (Wildman–Crippen LogP) is 2.65. The maximum Gasteiger partial charge on any atom is 0.416 e. The first-order valence-corrected chi connectivity index (χ1v) is 11.1. The fourth-order valence-corrected chi connectivity index (χ4v) is 5.05. The van der Waals surface area contributed by atoms with Crippen molar-refractivity contribution in [2.75, 3.05) is 26.3 Å². The van der Waals surface area contributed by atoms with E-state index in [0.717, 1.165) is 64.1 Å². The third-order valence-electron chi connectivity index (χ3n) is 6.88. The molecule has 2 aromatic rings. The van der Waals surface area contributed by atoms with Gasteiger partial charge in [-0.15, -0.1) is 0 Å². The Morgan fingerprint density at radius 3 is 2.44 bits per heavy atom. The molecule has 0 atom stereocenters. The van der Waals surface area contributed by atoms with Crippen LogP contribution in [0.15, 0.2) is 24.3 Å². The average molecular weight is 449 g/mol. The zero-order valence-corrected chi connectivity index (χ0v) is 17.7. The van der Waals surface area contributed by atoms with Crippen molar-refractivity contribution in [2.45, 2.75) is 56.4 Å². The summed E-state index contributed by atoms with van der Waals surface area (Å²) in [6, 6.07) is 5.35. The maximum absolute atomic E-state index is 12.9. The Morgan fingerprint density at radius 1 is 1.09 bits per heavy atom. The highest BCUT2D eigenvalue weighted by molar-refractivity contribution is 5.77. The molecule has 0 bridgehead atoms. The molecule has 1 amide bonds. The summed E-state index contributed by atoms with van der Waals surface area (Å²) in [7, 11) is 0. The fraction of sp³-hybridized carbons (Fsp3) is 0.591. The molecular formula is C22H26F3N5O2. The number of alkyl halides is 3. The number of hydrogen-bond donors (Lipinski definition) is 1. The summed E-state index contributed by atoms with van der Waals surface area (Å²) in [4.78, 5) is 19.8. The van der Waals surface area contributed by atoms with Crippen molar-refractivity contribution in [3.8, 4) is 11.4 Å². The van der Waals surface area contributed by atoms with Gasteiger partial charge in [0, 0.05) is 49.9 Å². The molecule has 1 aromatic carbocycles. The largest absolute Gasteiger partial charge is 0.416 e. The van der Waals surface area contributed by atoms with Crippen LogP contribution in [0.5, 0.6) is 0 Å². The number of likely N-dealkylation sites (tertiary alicyclic amines) is 1. The third-order valence-corrected chi connectivity index (χ3v) is 6.88. The summed E-state index contributed by atoms with van der Waals surface area (Å²) < 4.78 is 45.6. The molecule has 1 N–H and O–H groups in total. The number of ether oxygens (including phenoxy) is 1. The lowest BCUT2D eigenvalue weighted by Crippen LogP contribution is -2.58. The van der Waals surface area contributed by atoms with E-state index in [1.807, 2.05) is 0 Å². The lowest BCUT2D eigenvalue weighted by molar-refractivity contribution is -0.137. The standard InChI is InChI=1S/C22H26F3N5O2/c23-22(24,25)16-3-1-15(2-4-16)20-26-18-13-21(27-19(31)14-30(18)28-20)7-9-29(10-8-21)17-5-11-32-12-6-17/h1-4,17H,5-14H2,(H,27,31). The number of nitrogens with one attached hydrogen (secondary N) is 1. The fourth-order valence-electron chi connectivity index (χ4n) is 5.05. The molecule has 1 aromatic heterocycles. The van der Waals surface area contributed by atoms with E-state index in [1.165, 1.54) is 12.1 Å². The molecule has 7 nitrogen and oxygen atoms in total. The average Bonchev–Trinajstić information content (AvgIpc) is 3.10. The Balaban J connectivity index is 1.33. The molecule has 0 unspecified atom stereocenters. The van der Waals surface area contributed by atoms with E-state index in [9.17, 15) is 18.0 Å². The van der Waals surface area contributed by atoms with E-state index in [1.54, 1.807) is 4.68 Å². The van der Waals surface area contributed by atoms with E-state index in [-0.39, 0.29) is 18.0 Å². The van der Waals surface area contributed by atoms with Gasteiger partial charge >= 0.3 is 6.18 Å². The van der Waals surface area contributed by atoms with Crippen molar-refractivity contribution in [3.63, 3.8) is 0 Å². The SMILES string of the molecule is O=C1Cn2nc(-c3ccc(C(F)(F)F)cc3)nc2CC2(CCN(C3CCOCC3)CC2)N1. The number of rotatable bonds is 2. The smallest absolute Gasteiger partial charge is 0.381 e. The van der Waals surface area contributed by atoms with Gasteiger partial charge in [0.1, 0.15) is 12.4 Å². The van der Waals surface area contributed by atoms with Crippen LogP contribution in [0, 0.1) is 0 Å². The maximum atomic E-state index is 12.9. The molecule has 172 valence electrons. The Hall–Kier alpha value is -2.46. The van der Waals surface area contributed by atoms with Gasteiger partial charge in [0.15, 0.2) is 5.82 Å². The van der Waals surface area contributed by atoms with Gasteiger partial charge in [0.05, 0.1) is 5.56 Å². The van der Waals surface area contributed by atoms with Crippen molar-refractivity contribution in [1.82, 2.24) is 25.0 Å². The Morgan fingerprint density at radius 2 is 1.78 bits per heavy atom. The number of carbonyl (C=O) groups excluding carboxylic acids is 1. The first-order chi connectivity index (χ1) is 15.3. The monoisotopic (exact) mass is 449 g/mol. The van der Waals surface area contributed by atoms with Gasteiger partial charge in [-0.05, 0) is 37.8 Å². The number of halogens is 3. The highest BCUT2D eigenvalue weighted by atomic mass is 19.4. The zero-order chi connectivity index (χ0) is 22.3. The zero-order valence-electron chi connectivity index (χ0n) is 17.7. The first kappa shape index (κ1) is 21.4. The molecule has 4 heterocycles. The van der Waals surface area contributed by atoms with E-state index in [2.05, 4.69) is 20.3 Å². The van der Waals surface area contributed by atoms with E-state index < -0.39 is 11.7 Å². The van der Waals surface area contributed by atoms with Crippen LogP contribution in [-0.4, -0.2) is 63.5 Å². The van der Waals surface area contributed by atoms with E-state index in [4.69, 9.17) is 4.74 Å². The van der Waals surface area contributed by atoms with Crippen LogP contribution in [0.1, 0.15) is 37.1 Å². The van der Waals surface area contributed by atoms with Gasteiger partial charge in [0.25, 0.3) is 0 Å². The molecule has 2 saturated heterocycles. The van der Waals surface area contributed by atoms with E-state index >= 15 is 0 Å². The summed E-state index contributed by atoms with van der Waals surface area (Å²) in [5.41, 5.74) is -0.573. The van der Waals surface area contributed by atoms with Gasteiger partial charge in [-0.3, -0.25) is 4.79 Å². The number of benzene rings is 1. The summed E-state index contributed by atoms with van der Waals surface area (Å²) >= 11 is 0. The summed E-state index contributed by atoms with van der Waals surface area (Å²) in [5.74, 6) is 0.933. The summed E-state index contributed by atoms with van der Waals surface area (Å²) in [5, 5.41) is 7.65. The highest BCUT2D eigenvalue weighted by Gasteiger charge is 2.41. The van der Waals surface area contributed by atoms with Crippen LogP contribution in [0.25, 0.3) is 11.4 Å². The molecule has 0 saturated carbocycles. The second kappa shape index (κ2) is 8.15. The Kier molecular flexibility index (Phi) is 5.45. The van der Waals surface area contributed by atoms with Crippen molar-refractivity contribution in [3.05, 3.63) is 35.7 Å². The second-order valence-electron chi connectivity index (χ2n) is 8.97. The number of aromatic nitrogens is 3. The van der Waals surface area contributed by atoms with Crippen LogP contribution < -0.4 is 5.32 Å². The van der Waals surface area contributed by atoms with Crippen LogP contribution in [0.3, 0.4) is 0 Å². The van der Waals surface area contributed by atoms with Crippen LogP contribution >= 0.6 is 0 Å². The van der Waals surface area contributed by atoms with E-state index in [0.29, 0.717) is 29.7 Å². The van der Waals surface area contributed by atoms with Gasteiger partial charge in [0.2, 0.25) is 5.91 Å². The lowest BCUT2D eigenvalue weighted by Gasteiger charge is -2.45. The molecule has 1 spiro atoms. The number of fused-ring (bicyclic) bond motifs is 1. The van der Waals surface area contributed by atoms with Crippen LogP contribution in [0.2, 0.25) is 0 Å². The minimum atomic E-state index is -4.39. The summed E-state index contributed by atoms with van der Waals surface area (Å²) in [6.07, 6.45) is -0.0687. The number of carbonyl (C=O) groups is 1. The number of nitrogens with zero attached hydrogens (tertiary/aromatic N) is 4. The molecule has 5 rings (SSSR count). The minimum Gasteiger partial charge on any atom is -0.381 e. The molecule has 3 aliphatic rings. The minimum absolute atomic E-state index is 0.0639. The van der Waals surface area contributed by atoms with Gasteiger partial charge < -0.3 is 15.0 Å². The number of amides is 1. The molecule has 0 aliphatic carbocycles. The topological polar surface area (TPSA) is 72.3 Å². The Labute approximate surface area is 183 Å². The highest BCUT2D eigenvalue weighted by Crippen LogP contribution is 2.33. The predicted molar refractivity (Wildman–Crippen MR) is 110 cm³/mol. The molecule has 3 aliphatic heterocycles. The number of piperidine rings is 1. The molecular weight excluding hydrogens is 423 g/mol.